The summed E-state index contributed by atoms with van der Waals surface area (Å²) in [6.07, 6.45) is 3.79. The highest BCUT2D eigenvalue weighted by Gasteiger charge is 2.12. The molecule has 1 aliphatic heterocycles. The molecule has 2 aromatic rings. The van der Waals surface area contributed by atoms with Crippen molar-refractivity contribution in [3.05, 3.63) is 65.5 Å². The predicted octanol–water partition coefficient (Wildman–Crippen LogP) is 2.93. The van der Waals surface area contributed by atoms with E-state index in [1.165, 1.54) is 18.2 Å². The van der Waals surface area contributed by atoms with Gasteiger partial charge in [-0.1, -0.05) is 18.2 Å². The van der Waals surface area contributed by atoms with Gasteiger partial charge in [0.05, 0.1) is 0 Å². The molecule has 0 unspecified atom stereocenters. The van der Waals surface area contributed by atoms with E-state index in [2.05, 4.69) is 5.32 Å². The standard InChI is InChI=1S/C18H16FNO3/c19-15-5-1-13(2-6-15)4-8-18(21)20-10-9-14-3-7-16-17(11-14)23-12-22-16/h1-8,11H,9-10,12H2,(H,20,21). The number of hydrogen-bond donors (Lipinski definition) is 1. The summed E-state index contributed by atoms with van der Waals surface area (Å²) in [7, 11) is 0. The Morgan fingerprint density at radius 2 is 1.91 bits per heavy atom. The molecule has 1 amide bonds. The van der Waals surface area contributed by atoms with Crippen LogP contribution in [0.2, 0.25) is 0 Å². The fraction of sp³-hybridized carbons (Fsp3) is 0.167. The van der Waals surface area contributed by atoms with Gasteiger partial charge in [0.15, 0.2) is 11.5 Å². The van der Waals surface area contributed by atoms with E-state index in [0.717, 1.165) is 22.6 Å². The smallest absolute Gasteiger partial charge is 0.244 e. The molecule has 5 heteroatoms. The van der Waals surface area contributed by atoms with Crippen molar-refractivity contribution in [3.63, 3.8) is 0 Å². The number of fused-ring (bicyclic) bond motifs is 1. The number of amides is 1. The normalized spacial score (nSPS) is 12.6. The van der Waals surface area contributed by atoms with Crippen LogP contribution in [0.4, 0.5) is 4.39 Å². The molecule has 4 nitrogen and oxygen atoms in total. The number of hydrogen-bond acceptors (Lipinski definition) is 3. The molecule has 1 aliphatic rings. The predicted molar refractivity (Wildman–Crippen MR) is 84.7 cm³/mol. The van der Waals surface area contributed by atoms with Crippen LogP contribution in [0.3, 0.4) is 0 Å². The van der Waals surface area contributed by atoms with Gasteiger partial charge in [0.25, 0.3) is 0 Å². The van der Waals surface area contributed by atoms with Gasteiger partial charge in [-0.3, -0.25) is 4.79 Å². The van der Waals surface area contributed by atoms with E-state index >= 15 is 0 Å². The molecule has 1 N–H and O–H groups in total. The average molecular weight is 313 g/mol. The lowest BCUT2D eigenvalue weighted by atomic mass is 10.1. The minimum atomic E-state index is -0.296. The molecule has 118 valence electrons. The summed E-state index contributed by atoms with van der Waals surface area (Å²) in [5.74, 6) is 1.01. The number of carbonyl (C=O) groups is 1. The zero-order valence-corrected chi connectivity index (χ0v) is 12.4. The summed E-state index contributed by atoms with van der Waals surface area (Å²) < 4.78 is 23.3. The molecule has 0 fully saturated rings. The second-order valence-corrected chi connectivity index (χ2v) is 5.11. The number of benzene rings is 2. The van der Waals surface area contributed by atoms with Gasteiger partial charge >= 0.3 is 0 Å². The van der Waals surface area contributed by atoms with Crippen LogP contribution in [0, 0.1) is 5.82 Å². The van der Waals surface area contributed by atoms with E-state index in [9.17, 15) is 9.18 Å². The van der Waals surface area contributed by atoms with Gasteiger partial charge < -0.3 is 14.8 Å². The molecule has 3 rings (SSSR count). The second-order valence-electron chi connectivity index (χ2n) is 5.11. The molecule has 0 atom stereocenters. The monoisotopic (exact) mass is 313 g/mol. The lowest BCUT2D eigenvalue weighted by molar-refractivity contribution is -0.116. The summed E-state index contributed by atoms with van der Waals surface area (Å²) in [5, 5.41) is 2.81. The van der Waals surface area contributed by atoms with Crippen molar-refractivity contribution >= 4 is 12.0 Å². The van der Waals surface area contributed by atoms with Gasteiger partial charge in [-0.2, -0.15) is 0 Å². The van der Waals surface area contributed by atoms with Crippen LogP contribution in [0.1, 0.15) is 11.1 Å². The van der Waals surface area contributed by atoms with Crippen molar-refractivity contribution in [2.45, 2.75) is 6.42 Å². The Kier molecular flexibility index (Phi) is 4.57. The molecule has 2 aromatic carbocycles. The second kappa shape index (κ2) is 6.96. The van der Waals surface area contributed by atoms with E-state index in [0.29, 0.717) is 13.0 Å². The van der Waals surface area contributed by atoms with Crippen LogP contribution in [0.25, 0.3) is 6.08 Å². The molecule has 0 bridgehead atoms. The SMILES string of the molecule is O=C(C=Cc1ccc(F)cc1)NCCc1ccc2c(c1)OCO2. The molecular formula is C18H16FNO3. The number of rotatable bonds is 5. The molecule has 23 heavy (non-hydrogen) atoms. The van der Waals surface area contributed by atoms with E-state index in [4.69, 9.17) is 9.47 Å². The highest BCUT2D eigenvalue weighted by atomic mass is 19.1. The Hall–Kier alpha value is -2.82. The van der Waals surface area contributed by atoms with Gasteiger partial charge in [-0.15, -0.1) is 0 Å². The van der Waals surface area contributed by atoms with Crippen LogP contribution >= 0.6 is 0 Å². The van der Waals surface area contributed by atoms with Gasteiger partial charge in [-0.05, 0) is 47.9 Å². The van der Waals surface area contributed by atoms with Gasteiger partial charge in [0, 0.05) is 12.6 Å². The topological polar surface area (TPSA) is 47.6 Å². The van der Waals surface area contributed by atoms with Crippen molar-refractivity contribution in [2.24, 2.45) is 0 Å². The zero-order valence-electron chi connectivity index (χ0n) is 12.4. The van der Waals surface area contributed by atoms with Crippen LogP contribution in [-0.4, -0.2) is 19.2 Å². The third-order valence-electron chi connectivity index (χ3n) is 3.45. The number of carbonyl (C=O) groups excluding carboxylic acids is 1. The van der Waals surface area contributed by atoms with E-state index in [1.807, 2.05) is 18.2 Å². The average Bonchev–Trinajstić information content (AvgIpc) is 3.02. The fourth-order valence-electron chi connectivity index (χ4n) is 2.23. The summed E-state index contributed by atoms with van der Waals surface area (Å²) >= 11 is 0. The first-order valence-corrected chi connectivity index (χ1v) is 7.31. The van der Waals surface area contributed by atoms with E-state index in [-0.39, 0.29) is 18.5 Å². The third kappa shape index (κ3) is 4.10. The molecule has 0 spiro atoms. The maximum Gasteiger partial charge on any atom is 0.244 e. The van der Waals surface area contributed by atoms with Crippen molar-refractivity contribution in [1.82, 2.24) is 5.32 Å². The quantitative estimate of drug-likeness (QED) is 0.863. The minimum Gasteiger partial charge on any atom is -0.454 e. The van der Waals surface area contributed by atoms with Crippen LogP contribution in [0.15, 0.2) is 48.5 Å². The fourth-order valence-corrected chi connectivity index (χ4v) is 2.23. The largest absolute Gasteiger partial charge is 0.454 e. The molecule has 1 heterocycles. The van der Waals surface area contributed by atoms with Crippen molar-refractivity contribution in [2.75, 3.05) is 13.3 Å². The maximum absolute atomic E-state index is 12.8. The van der Waals surface area contributed by atoms with Crippen LogP contribution in [0.5, 0.6) is 11.5 Å². The molecule has 0 saturated carbocycles. The van der Waals surface area contributed by atoms with Crippen molar-refractivity contribution in [3.8, 4) is 11.5 Å². The maximum atomic E-state index is 12.8. The third-order valence-corrected chi connectivity index (χ3v) is 3.45. The lowest BCUT2D eigenvalue weighted by Crippen LogP contribution is -2.23. The molecular weight excluding hydrogens is 297 g/mol. The highest BCUT2D eigenvalue weighted by molar-refractivity contribution is 5.91. The number of nitrogens with one attached hydrogen (secondary N) is 1. The van der Waals surface area contributed by atoms with Crippen molar-refractivity contribution < 1.29 is 18.7 Å². The van der Waals surface area contributed by atoms with Crippen LogP contribution in [-0.2, 0) is 11.2 Å². The summed E-state index contributed by atoms with van der Waals surface area (Å²) in [4.78, 5) is 11.7. The summed E-state index contributed by atoms with van der Waals surface area (Å²) in [5.41, 5.74) is 1.84. The molecule has 0 radical (unpaired) electrons. The van der Waals surface area contributed by atoms with Crippen LogP contribution < -0.4 is 14.8 Å². The van der Waals surface area contributed by atoms with Gasteiger partial charge in [0.2, 0.25) is 12.7 Å². The summed E-state index contributed by atoms with van der Waals surface area (Å²) in [6.45, 7) is 0.774. The first-order chi connectivity index (χ1) is 11.2. The van der Waals surface area contributed by atoms with Gasteiger partial charge in [-0.25, -0.2) is 4.39 Å². The molecule has 0 aromatic heterocycles. The zero-order chi connectivity index (χ0) is 16.1. The van der Waals surface area contributed by atoms with Crippen molar-refractivity contribution in [1.29, 1.82) is 0 Å². The Labute approximate surface area is 133 Å². The highest BCUT2D eigenvalue weighted by Crippen LogP contribution is 2.32. The van der Waals surface area contributed by atoms with E-state index in [1.54, 1.807) is 18.2 Å². The van der Waals surface area contributed by atoms with Gasteiger partial charge in [0.1, 0.15) is 5.82 Å². The lowest BCUT2D eigenvalue weighted by Gasteiger charge is -2.04. The molecule has 0 aliphatic carbocycles. The number of halogens is 1. The Bertz CT molecular complexity index is 726. The Morgan fingerprint density at radius 3 is 2.74 bits per heavy atom. The van der Waals surface area contributed by atoms with E-state index < -0.39 is 0 Å². The first kappa shape index (κ1) is 15.1. The minimum absolute atomic E-state index is 0.185. The Morgan fingerprint density at radius 1 is 1.13 bits per heavy atom. The summed E-state index contributed by atoms with van der Waals surface area (Å²) in [6, 6.07) is 11.7. The molecule has 0 saturated heterocycles. The number of ether oxygens (including phenoxy) is 2. The Balaban J connectivity index is 1.46. The first-order valence-electron chi connectivity index (χ1n) is 7.31.